The van der Waals surface area contributed by atoms with Gasteiger partial charge in [0.25, 0.3) is 5.91 Å². The number of Topliss-reactive ketones (excluding diaryl/α,β-unsaturated/α-hetero) is 1. The summed E-state index contributed by atoms with van der Waals surface area (Å²) in [4.78, 5) is 47.3. The molecule has 2 atom stereocenters. The van der Waals surface area contributed by atoms with E-state index >= 15 is 0 Å². The molecule has 1 aromatic carbocycles. The fourth-order valence-electron chi connectivity index (χ4n) is 4.70. The predicted molar refractivity (Wildman–Crippen MR) is 135 cm³/mol. The number of thioether (sulfide) groups is 1. The number of carbonyl (C=O) groups is 3. The number of benzene rings is 1. The van der Waals surface area contributed by atoms with Crippen molar-refractivity contribution in [2.24, 2.45) is 5.41 Å². The molecule has 1 aromatic heterocycles. The van der Waals surface area contributed by atoms with Crippen LogP contribution in [0.1, 0.15) is 70.4 Å². The number of ketones is 1. The van der Waals surface area contributed by atoms with Gasteiger partial charge in [0.2, 0.25) is 5.78 Å². The summed E-state index contributed by atoms with van der Waals surface area (Å²) in [7, 11) is 0. The van der Waals surface area contributed by atoms with Crippen molar-refractivity contribution >= 4 is 29.5 Å². The van der Waals surface area contributed by atoms with Gasteiger partial charge in [0.15, 0.2) is 5.16 Å². The lowest BCUT2D eigenvalue weighted by atomic mass is 9.62. The number of carbonyl (C=O) groups excluding carboxylic acids is 2. The monoisotopic (exact) mass is 498 g/mol. The Labute approximate surface area is 210 Å². The molecule has 1 heterocycles. The van der Waals surface area contributed by atoms with Gasteiger partial charge >= 0.3 is 6.09 Å². The Morgan fingerprint density at radius 1 is 1.14 bits per heavy atom. The summed E-state index contributed by atoms with van der Waals surface area (Å²) >= 11 is 1.51. The van der Waals surface area contributed by atoms with Crippen LogP contribution in [-0.2, 0) is 9.59 Å². The second kappa shape index (κ2) is 12.2. The number of aromatic nitrogens is 2. The van der Waals surface area contributed by atoms with Crippen molar-refractivity contribution in [2.45, 2.75) is 75.5 Å². The average molecular weight is 499 g/mol. The number of carboxylic acid groups (broad SMARTS) is 1. The van der Waals surface area contributed by atoms with Crippen LogP contribution in [0, 0.1) is 5.41 Å². The van der Waals surface area contributed by atoms with Gasteiger partial charge in [-0.05, 0) is 49.7 Å². The topological polar surface area (TPSA) is 121 Å². The first kappa shape index (κ1) is 26.7. The van der Waals surface area contributed by atoms with Crippen LogP contribution in [0.2, 0.25) is 0 Å². The molecule has 2 aromatic rings. The summed E-state index contributed by atoms with van der Waals surface area (Å²) in [6.45, 7) is 3.79. The zero-order chi connectivity index (χ0) is 25.3. The summed E-state index contributed by atoms with van der Waals surface area (Å²) < 4.78 is 0. The molecule has 188 valence electrons. The largest absolute Gasteiger partial charge is 0.465 e. The fourth-order valence-corrected chi connectivity index (χ4v) is 5.80. The van der Waals surface area contributed by atoms with Crippen LogP contribution in [0.4, 0.5) is 4.79 Å². The summed E-state index contributed by atoms with van der Waals surface area (Å²) in [6.07, 6.45) is 6.73. The minimum atomic E-state index is -1.49. The molecule has 9 heteroatoms. The van der Waals surface area contributed by atoms with Crippen molar-refractivity contribution in [3.05, 3.63) is 54.4 Å². The number of rotatable bonds is 13. The van der Waals surface area contributed by atoms with E-state index in [4.69, 9.17) is 0 Å². The number of amides is 2. The lowest BCUT2D eigenvalue weighted by Gasteiger charge is -2.47. The predicted octanol–water partition coefficient (Wildman–Crippen LogP) is 4.77. The Bertz CT molecular complexity index is 1000. The van der Waals surface area contributed by atoms with Gasteiger partial charge in [-0.3, -0.25) is 9.59 Å². The van der Waals surface area contributed by atoms with Crippen molar-refractivity contribution in [1.29, 1.82) is 0 Å². The normalized spacial score (nSPS) is 16.9. The molecule has 35 heavy (non-hydrogen) atoms. The van der Waals surface area contributed by atoms with Gasteiger partial charge < -0.3 is 15.7 Å². The Hall–Kier alpha value is -2.94. The van der Waals surface area contributed by atoms with E-state index in [1.54, 1.807) is 18.5 Å². The quantitative estimate of drug-likeness (QED) is 0.207. The smallest absolute Gasteiger partial charge is 0.405 e. The first-order valence-corrected chi connectivity index (χ1v) is 13.1. The zero-order valence-corrected chi connectivity index (χ0v) is 21.1. The van der Waals surface area contributed by atoms with Crippen LogP contribution >= 0.6 is 11.8 Å². The summed E-state index contributed by atoms with van der Waals surface area (Å²) in [5.74, 6) is -0.829. The van der Waals surface area contributed by atoms with E-state index in [0.717, 1.165) is 31.2 Å². The maximum atomic E-state index is 13.7. The van der Waals surface area contributed by atoms with Crippen molar-refractivity contribution in [3.63, 3.8) is 0 Å². The second-order valence-electron chi connectivity index (χ2n) is 9.40. The Morgan fingerprint density at radius 2 is 1.83 bits per heavy atom. The van der Waals surface area contributed by atoms with E-state index in [2.05, 4.69) is 20.6 Å². The van der Waals surface area contributed by atoms with Gasteiger partial charge in [-0.15, -0.1) is 0 Å². The minimum absolute atomic E-state index is 0.274. The zero-order valence-electron chi connectivity index (χ0n) is 20.3. The SMILES string of the molecule is CCCCC(CC1(CSc2ncccn2)CCC1)(NC(=O)O)C(=O)C(=O)N[C@H](C)c1ccccc1. The van der Waals surface area contributed by atoms with Crippen LogP contribution < -0.4 is 10.6 Å². The molecule has 1 saturated carbocycles. The molecule has 1 aliphatic rings. The molecule has 1 unspecified atom stereocenters. The van der Waals surface area contributed by atoms with Crippen molar-refractivity contribution in [3.8, 4) is 0 Å². The van der Waals surface area contributed by atoms with E-state index in [9.17, 15) is 19.5 Å². The highest BCUT2D eigenvalue weighted by atomic mass is 32.2. The molecule has 3 N–H and O–H groups in total. The molecule has 0 spiro atoms. The van der Waals surface area contributed by atoms with Gasteiger partial charge in [0.05, 0.1) is 6.04 Å². The molecule has 0 radical (unpaired) electrons. The molecule has 0 saturated heterocycles. The molecule has 3 rings (SSSR count). The summed E-state index contributed by atoms with van der Waals surface area (Å²) in [5, 5.41) is 15.7. The van der Waals surface area contributed by atoms with E-state index in [0.29, 0.717) is 17.3 Å². The minimum Gasteiger partial charge on any atom is -0.465 e. The van der Waals surface area contributed by atoms with E-state index in [1.807, 2.05) is 44.2 Å². The van der Waals surface area contributed by atoms with Crippen molar-refractivity contribution in [1.82, 2.24) is 20.6 Å². The molecule has 8 nitrogen and oxygen atoms in total. The standard InChI is InChI=1S/C26H34N4O4S/c1-3-4-14-26(30-24(33)34,21(31)22(32)29-19(2)20-10-6-5-7-11-20)17-25(12-8-13-25)18-35-23-27-15-9-16-28-23/h5-7,9-11,15-16,19,30H,3-4,8,12-14,17-18H2,1-2H3,(H,29,32)(H,33,34)/t19-,26?/m1/s1. The van der Waals surface area contributed by atoms with Gasteiger partial charge in [-0.1, -0.05) is 68.3 Å². The number of unbranched alkanes of at least 4 members (excludes halogenated alkanes) is 1. The van der Waals surface area contributed by atoms with Crippen LogP contribution in [0.5, 0.6) is 0 Å². The van der Waals surface area contributed by atoms with E-state index in [1.165, 1.54) is 11.8 Å². The molecule has 2 amide bonds. The first-order chi connectivity index (χ1) is 16.8. The summed E-state index contributed by atoms with van der Waals surface area (Å²) in [6, 6.07) is 10.7. The molecular weight excluding hydrogens is 464 g/mol. The molecule has 0 aliphatic heterocycles. The van der Waals surface area contributed by atoms with Crippen LogP contribution in [-0.4, -0.2) is 44.1 Å². The number of hydrogen-bond donors (Lipinski definition) is 3. The highest BCUT2D eigenvalue weighted by Crippen LogP contribution is 2.50. The maximum Gasteiger partial charge on any atom is 0.405 e. The van der Waals surface area contributed by atoms with Crippen LogP contribution in [0.3, 0.4) is 0 Å². The highest BCUT2D eigenvalue weighted by molar-refractivity contribution is 7.99. The van der Waals surface area contributed by atoms with Crippen molar-refractivity contribution < 1.29 is 19.5 Å². The molecule has 1 aliphatic carbocycles. The maximum absolute atomic E-state index is 13.7. The third kappa shape index (κ3) is 7.04. The Morgan fingerprint density at radius 3 is 2.40 bits per heavy atom. The van der Waals surface area contributed by atoms with Gasteiger partial charge in [0.1, 0.15) is 5.54 Å². The third-order valence-electron chi connectivity index (χ3n) is 6.73. The Kier molecular flexibility index (Phi) is 9.26. The number of hydrogen-bond acceptors (Lipinski definition) is 6. The van der Waals surface area contributed by atoms with Gasteiger partial charge in [-0.25, -0.2) is 14.8 Å². The lowest BCUT2D eigenvalue weighted by Crippen LogP contribution is -2.61. The van der Waals surface area contributed by atoms with Gasteiger partial charge in [-0.2, -0.15) is 0 Å². The number of nitrogens with one attached hydrogen (secondary N) is 2. The Balaban J connectivity index is 1.83. The highest BCUT2D eigenvalue weighted by Gasteiger charge is 2.51. The van der Waals surface area contributed by atoms with Crippen LogP contribution in [0.25, 0.3) is 0 Å². The van der Waals surface area contributed by atoms with Crippen LogP contribution in [0.15, 0.2) is 53.9 Å². The van der Waals surface area contributed by atoms with E-state index in [-0.39, 0.29) is 24.3 Å². The number of nitrogens with zero attached hydrogens (tertiary/aromatic N) is 2. The summed E-state index contributed by atoms with van der Waals surface area (Å²) in [5.41, 5.74) is -0.893. The van der Waals surface area contributed by atoms with Crippen molar-refractivity contribution in [2.75, 3.05) is 5.75 Å². The average Bonchev–Trinajstić information content (AvgIpc) is 2.84. The fraction of sp³-hybridized carbons (Fsp3) is 0.500. The lowest BCUT2D eigenvalue weighted by molar-refractivity contribution is -0.143. The molecule has 0 bridgehead atoms. The van der Waals surface area contributed by atoms with E-state index < -0.39 is 23.3 Å². The first-order valence-electron chi connectivity index (χ1n) is 12.1. The third-order valence-corrected chi connectivity index (χ3v) is 7.96. The second-order valence-corrected chi connectivity index (χ2v) is 10.3. The molecular formula is C26H34N4O4S. The molecule has 1 fully saturated rings. The van der Waals surface area contributed by atoms with Gasteiger partial charge in [0, 0.05) is 18.1 Å².